The van der Waals surface area contributed by atoms with Crippen molar-refractivity contribution in [2.24, 2.45) is 23.7 Å². The second kappa shape index (κ2) is 18.9. The molecule has 0 aromatic carbocycles. The molecule has 4 atom stereocenters. The molecular weight excluding hydrogens is 667 g/mol. The summed E-state index contributed by atoms with van der Waals surface area (Å²) in [6, 6.07) is -0.431. The highest BCUT2D eigenvalue weighted by molar-refractivity contribution is 6.02. The van der Waals surface area contributed by atoms with Gasteiger partial charge >= 0.3 is 0 Å². The summed E-state index contributed by atoms with van der Waals surface area (Å²) in [5.41, 5.74) is 3.69. The van der Waals surface area contributed by atoms with Crippen molar-refractivity contribution in [2.45, 2.75) is 172 Å². The number of piperidine rings is 2. The number of aliphatic hydroxyl groups excluding tert-OH is 1. The van der Waals surface area contributed by atoms with Gasteiger partial charge in [-0.2, -0.15) is 0 Å². The lowest BCUT2D eigenvalue weighted by atomic mass is 9.68. The molecule has 7 fully saturated rings. The second-order valence-electron chi connectivity index (χ2n) is 17.9. The zero-order valence-corrected chi connectivity index (χ0v) is 32.9. The lowest BCUT2D eigenvalue weighted by Crippen LogP contribution is -2.60. The number of ether oxygens (including phenoxy) is 1. The third-order valence-electron chi connectivity index (χ3n) is 14.6. The normalized spacial score (nSPS) is 36.0. The Labute approximate surface area is 319 Å². The average molecular weight is 738 g/mol. The molecule has 4 aliphatic heterocycles. The maximum Gasteiger partial charge on any atom is 0.249 e. The van der Waals surface area contributed by atoms with Gasteiger partial charge in [-0.15, -0.1) is 0 Å². The maximum absolute atomic E-state index is 13.2. The van der Waals surface area contributed by atoms with Crippen LogP contribution in [0.15, 0.2) is 11.1 Å². The lowest BCUT2D eigenvalue weighted by Gasteiger charge is -2.43. The quantitative estimate of drug-likeness (QED) is 0.129. The van der Waals surface area contributed by atoms with Crippen LogP contribution in [0.5, 0.6) is 0 Å². The van der Waals surface area contributed by atoms with Gasteiger partial charge in [0.1, 0.15) is 6.04 Å². The summed E-state index contributed by atoms with van der Waals surface area (Å²) in [6.45, 7) is 9.30. The van der Waals surface area contributed by atoms with E-state index in [1.54, 1.807) is 4.90 Å². The molecule has 53 heavy (non-hydrogen) atoms. The molecule has 10 nitrogen and oxygen atoms in total. The summed E-state index contributed by atoms with van der Waals surface area (Å²) >= 11 is 0. The average Bonchev–Trinajstić information content (AvgIpc) is 3.51. The summed E-state index contributed by atoms with van der Waals surface area (Å²) in [5.74, 6) is 1.72. The zero-order chi connectivity index (χ0) is 36.7. The van der Waals surface area contributed by atoms with Crippen molar-refractivity contribution >= 4 is 17.7 Å². The molecule has 4 heterocycles. The first kappa shape index (κ1) is 39.4. The Balaban J connectivity index is 0.773. The van der Waals surface area contributed by atoms with Crippen LogP contribution < -0.4 is 10.6 Å². The Hall–Kier alpha value is -1.85. The number of rotatable bonds is 13. The molecule has 4 unspecified atom stereocenters. The Bertz CT molecular complexity index is 1260. The van der Waals surface area contributed by atoms with Crippen molar-refractivity contribution < 1.29 is 24.2 Å². The molecule has 10 heteroatoms. The van der Waals surface area contributed by atoms with E-state index in [0.29, 0.717) is 31.4 Å². The van der Waals surface area contributed by atoms with Crippen LogP contribution in [0.1, 0.15) is 142 Å². The van der Waals surface area contributed by atoms with Gasteiger partial charge in [0, 0.05) is 51.8 Å². The maximum atomic E-state index is 13.2. The topological polar surface area (TPSA) is 114 Å². The Morgan fingerprint density at radius 3 is 2.19 bits per heavy atom. The molecule has 3 saturated carbocycles. The number of carbonyl (C=O) groups excluding carboxylic acids is 3. The number of carbonyl (C=O) groups is 3. The predicted molar refractivity (Wildman–Crippen MR) is 207 cm³/mol. The minimum Gasteiger partial charge on any atom is -0.393 e. The van der Waals surface area contributed by atoms with E-state index in [-0.39, 0.29) is 42.0 Å². The molecule has 0 aromatic rings. The SMILES string of the molecule is CC/C(=C(\C1CCC(O)CC1)C1CCC(OCCCCCN2CCN(C3CCC4C(=O)N(C5CCC(=O)NC5=O)CC4N3)CC2)CC1)C1CCCCC1. The number of hydrogen-bond donors (Lipinski definition) is 3. The number of unbranched alkanes of at least 4 members (excludes halogenated alkanes) is 2. The Morgan fingerprint density at radius 2 is 1.49 bits per heavy atom. The molecule has 0 aromatic heterocycles. The van der Waals surface area contributed by atoms with Gasteiger partial charge in [0.2, 0.25) is 17.7 Å². The monoisotopic (exact) mass is 738 g/mol. The number of likely N-dealkylation sites (tertiary alicyclic amines) is 1. The molecule has 3 aliphatic carbocycles. The number of hydrogen-bond acceptors (Lipinski definition) is 8. The number of nitrogens with zero attached hydrogens (tertiary/aromatic N) is 3. The molecular formula is C43H71N5O5. The number of fused-ring (bicyclic) bond motifs is 1. The van der Waals surface area contributed by atoms with Crippen molar-refractivity contribution in [2.75, 3.05) is 45.9 Å². The van der Waals surface area contributed by atoms with Crippen LogP contribution in [0.4, 0.5) is 0 Å². The number of amides is 3. The minimum absolute atomic E-state index is 0.0604. The summed E-state index contributed by atoms with van der Waals surface area (Å²) in [5, 5.41) is 16.5. The molecule has 3 N–H and O–H groups in total. The molecule has 0 radical (unpaired) electrons. The fraction of sp³-hybridized carbons (Fsp3) is 0.884. The molecule has 298 valence electrons. The van der Waals surface area contributed by atoms with Gasteiger partial charge in [0.05, 0.1) is 24.3 Å². The fourth-order valence-corrected chi connectivity index (χ4v) is 11.7. The number of imide groups is 1. The highest BCUT2D eigenvalue weighted by Crippen LogP contribution is 2.46. The van der Waals surface area contributed by atoms with E-state index in [9.17, 15) is 19.5 Å². The Morgan fingerprint density at radius 1 is 0.774 bits per heavy atom. The van der Waals surface area contributed by atoms with Crippen LogP contribution in [-0.2, 0) is 19.1 Å². The highest BCUT2D eigenvalue weighted by atomic mass is 16.5. The van der Waals surface area contributed by atoms with Crippen molar-refractivity contribution in [3.63, 3.8) is 0 Å². The fourth-order valence-electron chi connectivity index (χ4n) is 11.7. The lowest BCUT2D eigenvalue weighted by molar-refractivity contribution is -0.144. The van der Waals surface area contributed by atoms with Gasteiger partial charge in [-0.1, -0.05) is 37.3 Å². The number of aliphatic hydroxyl groups is 1. The van der Waals surface area contributed by atoms with Gasteiger partial charge in [0.25, 0.3) is 0 Å². The summed E-state index contributed by atoms with van der Waals surface area (Å²) in [6.07, 6.45) is 24.4. The van der Waals surface area contributed by atoms with Crippen molar-refractivity contribution in [3.05, 3.63) is 11.1 Å². The van der Waals surface area contributed by atoms with E-state index < -0.39 is 6.04 Å². The van der Waals surface area contributed by atoms with Gasteiger partial charge < -0.3 is 19.6 Å². The summed E-state index contributed by atoms with van der Waals surface area (Å²) < 4.78 is 6.50. The van der Waals surface area contributed by atoms with Crippen LogP contribution in [0, 0.1) is 23.7 Å². The minimum atomic E-state index is -0.509. The summed E-state index contributed by atoms with van der Waals surface area (Å²) in [4.78, 5) is 44.2. The Kier molecular flexibility index (Phi) is 14.0. The molecule has 3 amide bonds. The van der Waals surface area contributed by atoms with E-state index in [0.717, 1.165) is 83.3 Å². The highest BCUT2D eigenvalue weighted by Gasteiger charge is 2.49. The van der Waals surface area contributed by atoms with Gasteiger partial charge in [-0.05, 0) is 133 Å². The third kappa shape index (κ3) is 9.76. The first-order valence-corrected chi connectivity index (χ1v) is 22.3. The van der Waals surface area contributed by atoms with Crippen LogP contribution in [0.3, 0.4) is 0 Å². The van der Waals surface area contributed by atoms with Crippen LogP contribution in [0.2, 0.25) is 0 Å². The van der Waals surface area contributed by atoms with E-state index in [2.05, 4.69) is 27.4 Å². The predicted octanol–water partition coefficient (Wildman–Crippen LogP) is 5.53. The number of nitrogens with one attached hydrogen (secondary N) is 2. The largest absolute Gasteiger partial charge is 0.393 e. The van der Waals surface area contributed by atoms with Crippen LogP contribution in [-0.4, -0.2) is 114 Å². The first-order valence-electron chi connectivity index (χ1n) is 22.3. The first-order chi connectivity index (χ1) is 25.9. The molecule has 0 bridgehead atoms. The van der Waals surface area contributed by atoms with Crippen LogP contribution in [0.25, 0.3) is 0 Å². The van der Waals surface area contributed by atoms with E-state index in [1.807, 2.05) is 11.1 Å². The third-order valence-corrected chi connectivity index (χ3v) is 14.6. The molecule has 7 rings (SSSR count). The zero-order valence-electron chi connectivity index (χ0n) is 32.9. The molecule has 4 saturated heterocycles. The number of allylic oxidation sites excluding steroid dienone is 2. The van der Waals surface area contributed by atoms with E-state index in [4.69, 9.17) is 4.74 Å². The molecule has 7 aliphatic rings. The smallest absolute Gasteiger partial charge is 0.249 e. The van der Waals surface area contributed by atoms with E-state index >= 15 is 0 Å². The van der Waals surface area contributed by atoms with Crippen molar-refractivity contribution in [3.8, 4) is 0 Å². The van der Waals surface area contributed by atoms with E-state index in [1.165, 1.54) is 89.9 Å². The van der Waals surface area contributed by atoms with Crippen LogP contribution >= 0.6 is 0 Å². The summed E-state index contributed by atoms with van der Waals surface area (Å²) in [7, 11) is 0. The second-order valence-corrected chi connectivity index (χ2v) is 17.9. The van der Waals surface area contributed by atoms with Gasteiger partial charge in [-0.3, -0.25) is 29.9 Å². The number of piperazine rings is 1. The van der Waals surface area contributed by atoms with Crippen molar-refractivity contribution in [1.29, 1.82) is 0 Å². The molecule has 0 spiro atoms. The van der Waals surface area contributed by atoms with Gasteiger partial charge in [0.15, 0.2) is 0 Å². The van der Waals surface area contributed by atoms with Gasteiger partial charge in [-0.25, -0.2) is 0 Å². The standard InChI is InChI=1S/C43H71N5O5/c1-2-35(30-9-5-3-6-10-30)41(31-11-15-33(49)16-12-31)32-13-17-34(18-14-32)53-28-8-4-7-23-46-24-26-47(27-25-46)39-21-19-36-37(44-39)29-48(43(36)52)38-20-22-40(50)45-42(38)51/h30-34,36-39,44,49H,2-29H2,1H3,(H,45,50,51)/b41-35-. The van der Waals surface area contributed by atoms with Crippen molar-refractivity contribution in [1.82, 2.24) is 25.3 Å².